The van der Waals surface area contributed by atoms with Gasteiger partial charge >= 0.3 is 0 Å². The summed E-state index contributed by atoms with van der Waals surface area (Å²) in [5.74, 6) is 0.522. The molecule has 0 saturated heterocycles. The second-order valence-electron chi connectivity index (χ2n) is 5.86. The van der Waals surface area contributed by atoms with Crippen LogP contribution >= 0.6 is 0 Å². The lowest BCUT2D eigenvalue weighted by molar-refractivity contribution is -0.385. The van der Waals surface area contributed by atoms with Gasteiger partial charge in [0.25, 0.3) is 11.6 Å². The van der Waals surface area contributed by atoms with E-state index in [9.17, 15) is 14.9 Å². The number of nitrogens with one attached hydrogen (secondary N) is 1. The summed E-state index contributed by atoms with van der Waals surface area (Å²) in [6, 6.07) is 20.2. The number of carbonyl (C=O) groups is 1. The minimum atomic E-state index is -0.482. The normalized spacial score (nSPS) is 10.2. The van der Waals surface area contributed by atoms with E-state index in [1.54, 1.807) is 36.4 Å². The molecule has 0 aliphatic heterocycles. The van der Waals surface area contributed by atoms with E-state index in [0.29, 0.717) is 28.3 Å². The molecule has 0 unspecified atom stereocenters. The number of amides is 1. The number of non-ortho nitro benzene ring substituents is 1. The molecule has 0 spiro atoms. The van der Waals surface area contributed by atoms with Crippen molar-refractivity contribution >= 4 is 17.3 Å². The first-order valence-corrected chi connectivity index (χ1v) is 8.48. The predicted octanol–water partition coefficient (Wildman–Crippen LogP) is 4.43. The van der Waals surface area contributed by atoms with Crippen molar-refractivity contribution < 1.29 is 19.2 Å². The Labute approximate surface area is 161 Å². The zero-order valence-corrected chi connectivity index (χ0v) is 15.1. The standard InChI is InChI=1S/C21H18N2O5/c1-27-19-12-11-17(23(25)26)13-15(19)14-28-20-10-6-5-9-18(20)21(24)22-16-7-3-2-4-8-16/h2-13H,14H2,1H3,(H,22,24). The minimum absolute atomic E-state index is 0.0144. The molecule has 1 amide bonds. The highest BCUT2D eigenvalue weighted by Crippen LogP contribution is 2.27. The van der Waals surface area contributed by atoms with Gasteiger partial charge in [0.05, 0.1) is 17.6 Å². The van der Waals surface area contributed by atoms with E-state index in [2.05, 4.69) is 5.32 Å². The molecule has 7 heteroatoms. The molecular formula is C21H18N2O5. The van der Waals surface area contributed by atoms with Crippen molar-refractivity contribution in [2.45, 2.75) is 6.61 Å². The van der Waals surface area contributed by atoms with Crippen LogP contribution < -0.4 is 14.8 Å². The fourth-order valence-corrected chi connectivity index (χ4v) is 2.65. The quantitative estimate of drug-likeness (QED) is 0.485. The summed E-state index contributed by atoms with van der Waals surface area (Å²) in [4.78, 5) is 23.1. The molecule has 0 aliphatic rings. The molecule has 0 radical (unpaired) electrons. The van der Waals surface area contributed by atoms with Gasteiger partial charge in [-0.25, -0.2) is 0 Å². The fraction of sp³-hybridized carbons (Fsp3) is 0.0952. The van der Waals surface area contributed by atoms with E-state index in [1.807, 2.05) is 18.2 Å². The number of methoxy groups -OCH3 is 1. The number of hydrogen-bond acceptors (Lipinski definition) is 5. The number of nitro benzene ring substituents is 1. The highest BCUT2D eigenvalue weighted by molar-refractivity contribution is 6.06. The highest BCUT2D eigenvalue weighted by atomic mass is 16.6. The molecule has 0 atom stereocenters. The number of para-hydroxylation sites is 2. The third-order valence-corrected chi connectivity index (χ3v) is 4.02. The Morgan fingerprint density at radius 2 is 1.71 bits per heavy atom. The number of hydrogen-bond donors (Lipinski definition) is 1. The van der Waals surface area contributed by atoms with Gasteiger partial charge in [0, 0.05) is 23.4 Å². The maximum Gasteiger partial charge on any atom is 0.270 e. The molecular weight excluding hydrogens is 360 g/mol. The molecule has 3 aromatic rings. The summed E-state index contributed by atoms with van der Waals surface area (Å²) in [5.41, 5.74) is 1.47. The van der Waals surface area contributed by atoms with Crippen LogP contribution in [0.15, 0.2) is 72.8 Å². The Bertz CT molecular complexity index is 989. The summed E-state index contributed by atoms with van der Waals surface area (Å²) in [5, 5.41) is 13.8. The van der Waals surface area contributed by atoms with Gasteiger partial charge in [-0.05, 0) is 30.3 Å². The number of rotatable bonds is 7. The van der Waals surface area contributed by atoms with Crippen molar-refractivity contribution in [3.8, 4) is 11.5 Å². The summed E-state index contributed by atoms with van der Waals surface area (Å²) in [6.45, 7) is 0.0144. The largest absolute Gasteiger partial charge is 0.496 e. The lowest BCUT2D eigenvalue weighted by Gasteiger charge is -2.13. The summed E-state index contributed by atoms with van der Waals surface area (Å²) >= 11 is 0. The zero-order valence-electron chi connectivity index (χ0n) is 15.1. The monoisotopic (exact) mass is 378 g/mol. The number of carbonyl (C=O) groups excluding carboxylic acids is 1. The van der Waals surface area contributed by atoms with Gasteiger partial charge in [-0.2, -0.15) is 0 Å². The van der Waals surface area contributed by atoms with Crippen LogP contribution in [0.25, 0.3) is 0 Å². The average Bonchev–Trinajstić information content (AvgIpc) is 2.72. The second kappa shape index (κ2) is 8.68. The molecule has 0 fully saturated rings. The van der Waals surface area contributed by atoms with Gasteiger partial charge in [-0.3, -0.25) is 14.9 Å². The Morgan fingerprint density at radius 1 is 1.00 bits per heavy atom. The lowest BCUT2D eigenvalue weighted by atomic mass is 10.1. The summed E-state index contributed by atoms with van der Waals surface area (Å²) < 4.78 is 11.0. The molecule has 0 bridgehead atoms. The molecule has 3 rings (SSSR count). The van der Waals surface area contributed by atoms with Gasteiger partial charge < -0.3 is 14.8 Å². The topological polar surface area (TPSA) is 90.7 Å². The van der Waals surface area contributed by atoms with E-state index in [1.165, 1.54) is 25.3 Å². The molecule has 0 aliphatic carbocycles. The third kappa shape index (κ3) is 4.45. The van der Waals surface area contributed by atoms with E-state index < -0.39 is 4.92 Å². The molecule has 7 nitrogen and oxygen atoms in total. The van der Waals surface area contributed by atoms with Gasteiger partial charge in [-0.1, -0.05) is 30.3 Å². The van der Waals surface area contributed by atoms with Crippen LogP contribution in [0.1, 0.15) is 15.9 Å². The van der Waals surface area contributed by atoms with Crippen molar-refractivity contribution in [1.82, 2.24) is 0 Å². The van der Waals surface area contributed by atoms with Crippen LogP contribution in [0.4, 0.5) is 11.4 Å². The first-order valence-electron chi connectivity index (χ1n) is 8.48. The maximum atomic E-state index is 12.6. The lowest BCUT2D eigenvalue weighted by Crippen LogP contribution is -2.13. The van der Waals surface area contributed by atoms with Crippen LogP contribution in [-0.4, -0.2) is 17.9 Å². The first-order chi connectivity index (χ1) is 13.6. The molecule has 28 heavy (non-hydrogen) atoms. The Hall–Kier alpha value is -3.87. The van der Waals surface area contributed by atoms with Crippen molar-refractivity contribution in [3.63, 3.8) is 0 Å². The van der Waals surface area contributed by atoms with Crippen molar-refractivity contribution in [2.24, 2.45) is 0 Å². The van der Waals surface area contributed by atoms with Gasteiger partial charge in [-0.15, -0.1) is 0 Å². The van der Waals surface area contributed by atoms with Crippen molar-refractivity contribution in [2.75, 3.05) is 12.4 Å². The van der Waals surface area contributed by atoms with Crippen LogP contribution in [0.5, 0.6) is 11.5 Å². The van der Waals surface area contributed by atoms with Crippen LogP contribution in [0.3, 0.4) is 0 Å². The van der Waals surface area contributed by atoms with Crippen molar-refractivity contribution in [1.29, 1.82) is 0 Å². The minimum Gasteiger partial charge on any atom is -0.496 e. The SMILES string of the molecule is COc1ccc([N+](=O)[O-])cc1COc1ccccc1C(=O)Nc1ccccc1. The molecule has 1 N–H and O–H groups in total. The molecule has 0 aromatic heterocycles. The van der Waals surface area contributed by atoms with Crippen molar-refractivity contribution in [3.05, 3.63) is 94.0 Å². The van der Waals surface area contributed by atoms with Gasteiger partial charge in [0.2, 0.25) is 0 Å². The first kappa shape index (κ1) is 18.9. The van der Waals surface area contributed by atoms with Gasteiger partial charge in [0.1, 0.15) is 18.1 Å². The zero-order chi connectivity index (χ0) is 19.9. The summed E-state index contributed by atoms with van der Waals surface area (Å²) in [7, 11) is 1.48. The summed E-state index contributed by atoms with van der Waals surface area (Å²) in [6.07, 6.45) is 0. The molecule has 0 saturated carbocycles. The third-order valence-electron chi connectivity index (χ3n) is 4.02. The Balaban J connectivity index is 1.80. The second-order valence-corrected chi connectivity index (χ2v) is 5.86. The number of ether oxygens (including phenoxy) is 2. The smallest absolute Gasteiger partial charge is 0.270 e. The number of nitrogens with zero attached hydrogens (tertiary/aromatic N) is 1. The molecule has 142 valence electrons. The Kier molecular flexibility index (Phi) is 5.86. The predicted molar refractivity (Wildman–Crippen MR) is 105 cm³/mol. The van der Waals surface area contributed by atoms with Crippen LogP contribution in [-0.2, 0) is 6.61 Å². The fourth-order valence-electron chi connectivity index (χ4n) is 2.65. The van der Waals surface area contributed by atoms with E-state index in [-0.39, 0.29) is 18.2 Å². The number of anilines is 1. The van der Waals surface area contributed by atoms with Gasteiger partial charge in [0.15, 0.2) is 0 Å². The Morgan fingerprint density at radius 3 is 2.43 bits per heavy atom. The van der Waals surface area contributed by atoms with E-state index >= 15 is 0 Å². The average molecular weight is 378 g/mol. The number of nitro groups is 1. The highest BCUT2D eigenvalue weighted by Gasteiger charge is 2.15. The van der Waals surface area contributed by atoms with E-state index in [4.69, 9.17) is 9.47 Å². The molecule has 3 aromatic carbocycles. The van der Waals surface area contributed by atoms with Crippen LogP contribution in [0, 0.1) is 10.1 Å². The molecule has 0 heterocycles. The number of benzene rings is 3. The van der Waals surface area contributed by atoms with E-state index in [0.717, 1.165) is 0 Å². The van der Waals surface area contributed by atoms with Crippen LogP contribution in [0.2, 0.25) is 0 Å². The maximum absolute atomic E-state index is 12.6.